The zero-order valence-electron chi connectivity index (χ0n) is 13.8. The maximum absolute atomic E-state index is 14.1. The van der Waals surface area contributed by atoms with Crippen LogP contribution < -0.4 is 4.74 Å². The Morgan fingerprint density at radius 3 is 2.91 bits per heavy atom. The van der Waals surface area contributed by atoms with E-state index >= 15 is 0 Å². The van der Waals surface area contributed by atoms with Crippen LogP contribution in [0.15, 0.2) is 24.4 Å². The van der Waals surface area contributed by atoms with Crippen LogP contribution in [-0.2, 0) is 19.5 Å². The van der Waals surface area contributed by atoms with Crippen molar-refractivity contribution in [1.82, 2.24) is 14.9 Å². The van der Waals surface area contributed by atoms with Gasteiger partial charge in [-0.15, -0.1) is 0 Å². The van der Waals surface area contributed by atoms with Crippen molar-refractivity contribution < 1.29 is 9.13 Å². The summed E-state index contributed by atoms with van der Waals surface area (Å²) in [6.07, 6.45) is 2.79. The molecule has 5 heteroatoms. The summed E-state index contributed by atoms with van der Waals surface area (Å²) in [4.78, 5) is 11.3. The second-order valence-corrected chi connectivity index (χ2v) is 6.24. The second kappa shape index (κ2) is 6.62. The number of hydrogen-bond donors (Lipinski definition) is 0. The van der Waals surface area contributed by atoms with E-state index in [1.54, 1.807) is 19.2 Å². The van der Waals surface area contributed by atoms with Crippen molar-refractivity contribution in [2.75, 3.05) is 13.7 Å². The number of fused-ring (bicyclic) bond motifs is 1. The highest BCUT2D eigenvalue weighted by Gasteiger charge is 2.21. The van der Waals surface area contributed by atoms with Gasteiger partial charge in [0, 0.05) is 55.0 Å². The monoisotopic (exact) mass is 315 g/mol. The van der Waals surface area contributed by atoms with Crippen LogP contribution in [0.25, 0.3) is 0 Å². The largest absolute Gasteiger partial charge is 0.496 e. The van der Waals surface area contributed by atoms with Gasteiger partial charge in [0.1, 0.15) is 17.4 Å². The normalized spacial score (nSPS) is 14.8. The second-order valence-electron chi connectivity index (χ2n) is 6.24. The maximum Gasteiger partial charge on any atom is 0.131 e. The van der Waals surface area contributed by atoms with Crippen LogP contribution in [0.5, 0.6) is 5.75 Å². The smallest absolute Gasteiger partial charge is 0.131 e. The van der Waals surface area contributed by atoms with Crippen molar-refractivity contribution in [2.45, 2.75) is 39.3 Å². The van der Waals surface area contributed by atoms with E-state index in [0.717, 1.165) is 36.6 Å². The first kappa shape index (κ1) is 15.9. The number of nitrogens with zero attached hydrogens (tertiary/aromatic N) is 3. The predicted molar refractivity (Wildman–Crippen MR) is 86.9 cm³/mol. The van der Waals surface area contributed by atoms with Crippen molar-refractivity contribution in [3.63, 3.8) is 0 Å². The molecule has 0 fully saturated rings. The number of halogens is 1. The van der Waals surface area contributed by atoms with Crippen molar-refractivity contribution in [1.29, 1.82) is 0 Å². The topological polar surface area (TPSA) is 38.2 Å². The molecule has 0 radical (unpaired) electrons. The van der Waals surface area contributed by atoms with Crippen molar-refractivity contribution >= 4 is 0 Å². The molecular formula is C18H22FN3O. The molecule has 4 nitrogen and oxygen atoms in total. The lowest BCUT2D eigenvalue weighted by Gasteiger charge is -2.28. The van der Waals surface area contributed by atoms with E-state index in [1.165, 1.54) is 6.07 Å². The molecule has 0 spiro atoms. The van der Waals surface area contributed by atoms with Gasteiger partial charge in [0.2, 0.25) is 0 Å². The zero-order valence-corrected chi connectivity index (χ0v) is 13.8. The number of ether oxygens (including phenoxy) is 1. The SMILES string of the molecule is COc1cccc(F)c1CN1CCc2nc(C(C)C)ncc2C1. The molecule has 2 heterocycles. The minimum atomic E-state index is -0.221. The molecule has 0 saturated heterocycles. The molecule has 0 bridgehead atoms. The van der Waals surface area contributed by atoms with E-state index in [2.05, 4.69) is 28.7 Å². The molecule has 122 valence electrons. The standard InChI is InChI=1S/C18H22FN3O/c1-12(2)18-20-9-13-10-22(8-7-16(13)21-18)11-14-15(19)5-4-6-17(14)23-3/h4-6,9,12H,7-8,10-11H2,1-3H3. The van der Waals surface area contributed by atoms with E-state index in [-0.39, 0.29) is 5.82 Å². The van der Waals surface area contributed by atoms with Crippen LogP contribution in [0.3, 0.4) is 0 Å². The molecule has 0 aliphatic carbocycles. The number of rotatable bonds is 4. The molecule has 0 saturated carbocycles. The Labute approximate surface area is 136 Å². The highest BCUT2D eigenvalue weighted by Crippen LogP contribution is 2.26. The molecule has 3 rings (SSSR count). The zero-order chi connectivity index (χ0) is 16.4. The Kier molecular flexibility index (Phi) is 4.57. The summed E-state index contributed by atoms with van der Waals surface area (Å²) >= 11 is 0. The highest BCUT2D eigenvalue weighted by atomic mass is 19.1. The number of hydrogen-bond acceptors (Lipinski definition) is 4. The van der Waals surface area contributed by atoms with Gasteiger partial charge >= 0.3 is 0 Å². The molecule has 1 aromatic carbocycles. The Balaban J connectivity index is 1.78. The van der Waals surface area contributed by atoms with E-state index in [0.29, 0.717) is 23.8 Å². The molecule has 23 heavy (non-hydrogen) atoms. The van der Waals surface area contributed by atoms with E-state index in [4.69, 9.17) is 4.74 Å². The van der Waals surface area contributed by atoms with Gasteiger partial charge in [-0.2, -0.15) is 0 Å². The first-order valence-electron chi connectivity index (χ1n) is 7.97. The summed E-state index contributed by atoms with van der Waals surface area (Å²) in [5.74, 6) is 1.61. The fourth-order valence-corrected chi connectivity index (χ4v) is 2.91. The molecular weight excluding hydrogens is 293 g/mol. The van der Waals surface area contributed by atoms with Gasteiger partial charge in [0.15, 0.2) is 0 Å². The quantitative estimate of drug-likeness (QED) is 0.867. The molecule has 1 aliphatic rings. The van der Waals surface area contributed by atoms with Crippen LogP contribution in [0.4, 0.5) is 4.39 Å². The summed E-state index contributed by atoms with van der Waals surface area (Å²) < 4.78 is 19.4. The third-order valence-corrected chi connectivity index (χ3v) is 4.23. The van der Waals surface area contributed by atoms with Crippen LogP contribution in [0.2, 0.25) is 0 Å². The minimum absolute atomic E-state index is 0.221. The van der Waals surface area contributed by atoms with Crippen molar-refractivity contribution in [2.24, 2.45) is 0 Å². The number of benzene rings is 1. The van der Waals surface area contributed by atoms with Crippen LogP contribution >= 0.6 is 0 Å². The molecule has 2 aromatic rings. The van der Waals surface area contributed by atoms with E-state index in [9.17, 15) is 4.39 Å². The van der Waals surface area contributed by atoms with Gasteiger partial charge in [-0.3, -0.25) is 4.90 Å². The molecule has 0 amide bonds. The lowest BCUT2D eigenvalue weighted by Crippen LogP contribution is -2.31. The summed E-state index contributed by atoms with van der Waals surface area (Å²) in [6, 6.07) is 4.95. The van der Waals surface area contributed by atoms with Gasteiger partial charge in [0.05, 0.1) is 7.11 Å². The summed E-state index contributed by atoms with van der Waals surface area (Å²) in [5.41, 5.74) is 2.87. The number of methoxy groups -OCH3 is 1. The maximum atomic E-state index is 14.1. The fraction of sp³-hybridized carbons (Fsp3) is 0.444. The van der Waals surface area contributed by atoms with Gasteiger partial charge in [-0.1, -0.05) is 19.9 Å². The third-order valence-electron chi connectivity index (χ3n) is 4.23. The van der Waals surface area contributed by atoms with E-state index in [1.807, 2.05) is 6.20 Å². The fourth-order valence-electron chi connectivity index (χ4n) is 2.91. The van der Waals surface area contributed by atoms with Crippen LogP contribution in [-0.4, -0.2) is 28.5 Å². The minimum Gasteiger partial charge on any atom is -0.496 e. The first-order valence-corrected chi connectivity index (χ1v) is 7.97. The average Bonchev–Trinajstić information content (AvgIpc) is 2.56. The molecule has 1 aromatic heterocycles. The van der Waals surface area contributed by atoms with Crippen LogP contribution in [0.1, 0.15) is 42.4 Å². The van der Waals surface area contributed by atoms with E-state index < -0.39 is 0 Å². The molecule has 0 atom stereocenters. The molecule has 0 unspecified atom stereocenters. The Bertz CT molecular complexity index is 703. The summed E-state index contributed by atoms with van der Waals surface area (Å²) in [6.45, 7) is 6.33. The van der Waals surface area contributed by atoms with Gasteiger partial charge < -0.3 is 4.74 Å². The third kappa shape index (κ3) is 3.34. The van der Waals surface area contributed by atoms with Gasteiger partial charge in [-0.25, -0.2) is 14.4 Å². The highest BCUT2D eigenvalue weighted by molar-refractivity contribution is 5.35. The first-order chi connectivity index (χ1) is 11.1. The lowest BCUT2D eigenvalue weighted by molar-refractivity contribution is 0.235. The van der Waals surface area contributed by atoms with Crippen molar-refractivity contribution in [3.8, 4) is 5.75 Å². The summed E-state index contributed by atoms with van der Waals surface area (Å²) in [7, 11) is 1.57. The van der Waals surface area contributed by atoms with Crippen molar-refractivity contribution in [3.05, 3.63) is 52.9 Å². The van der Waals surface area contributed by atoms with Crippen LogP contribution in [0, 0.1) is 5.82 Å². The molecule has 0 N–H and O–H groups in total. The molecule has 1 aliphatic heterocycles. The van der Waals surface area contributed by atoms with Gasteiger partial charge in [0.25, 0.3) is 0 Å². The van der Waals surface area contributed by atoms with Gasteiger partial charge in [-0.05, 0) is 12.1 Å². The average molecular weight is 315 g/mol. The predicted octanol–water partition coefficient (Wildman–Crippen LogP) is 3.31. The Morgan fingerprint density at radius 1 is 1.35 bits per heavy atom. The Hall–Kier alpha value is -2.01. The summed E-state index contributed by atoms with van der Waals surface area (Å²) in [5, 5.41) is 0. The Morgan fingerprint density at radius 2 is 2.17 bits per heavy atom. The lowest BCUT2D eigenvalue weighted by atomic mass is 10.0. The number of aromatic nitrogens is 2.